The van der Waals surface area contributed by atoms with Crippen LogP contribution in [-0.4, -0.2) is 60.3 Å². The molecule has 0 radical (unpaired) electrons. The molecule has 0 spiro atoms. The third-order valence-corrected chi connectivity index (χ3v) is 11.3. The Hall–Kier alpha value is -1.16. The van der Waals surface area contributed by atoms with Gasteiger partial charge in [-0.3, -0.25) is 9.80 Å². The number of allylic oxidation sites excluding steroid dienone is 8. The van der Waals surface area contributed by atoms with E-state index in [0.717, 1.165) is 26.1 Å². The molecule has 0 aliphatic carbocycles. The fraction of sp³-hybridized carbons (Fsp3) is 0.846. The average Bonchev–Trinajstić information content (AvgIpc) is 3.14. The molecule has 0 atom stereocenters. The van der Waals surface area contributed by atoms with Crippen LogP contribution in [0.15, 0.2) is 48.6 Å². The lowest BCUT2D eigenvalue weighted by atomic mass is 10.1. The van der Waals surface area contributed by atoms with E-state index in [1.54, 1.807) is 0 Å². The fourth-order valence-corrected chi connectivity index (χ4v) is 7.86. The standard InChI is InChI=1S/C52H100N2O/c1-49(2)53(50(3)4)45-41-37-33-29-25-21-17-13-9-11-15-19-23-27-31-35-39-43-47-55-48-44-40-36-32-28-24-20-16-12-10-14-18-22-26-30-34-38-42-46-54(51(5)6)52(7)8/h11-18,49-52H,9-10,19-48H2,1-8H3/b15-11-,16-12-,17-13-,18-14-. The Kier molecular flexibility index (Phi) is 41.6. The monoisotopic (exact) mass is 769 g/mol. The molecule has 0 heterocycles. The molecule has 324 valence electrons. The first-order valence-electron chi connectivity index (χ1n) is 24.5. The summed E-state index contributed by atoms with van der Waals surface area (Å²) in [5.74, 6) is 0. The van der Waals surface area contributed by atoms with Gasteiger partial charge in [-0.1, -0.05) is 138 Å². The summed E-state index contributed by atoms with van der Waals surface area (Å²) < 4.78 is 5.91. The summed E-state index contributed by atoms with van der Waals surface area (Å²) in [6, 6.07) is 2.66. The summed E-state index contributed by atoms with van der Waals surface area (Å²) in [6.07, 6.45) is 56.0. The first-order chi connectivity index (χ1) is 26.8. The van der Waals surface area contributed by atoms with Crippen LogP contribution in [0, 0.1) is 0 Å². The normalized spacial score (nSPS) is 12.9. The second-order valence-corrected chi connectivity index (χ2v) is 17.8. The molecular weight excluding hydrogens is 669 g/mol. The maximum atomic E-state index is 5.91. The lowest BCUT2D eigenvalue weighted by Crippen LogP contribution is -2.37. The zero-order chi connectivity index (χ0) is 40.5. The van der Waals surface area contributed by atoms with Gasteiger partial charge in [0.15, 0.2) is 0 Å². The van der Waals surface area contributed by atoms with Crippen molar-refractivity contribution in [1.29, 1.82) is 0 Å². The lowest BCUT2D eigenvalue weighted by Gasteiger charge is -2.30. The second-order valence-electron chi connectivity index (χ2n) is 17.8. The largest absolute Gasteiger partial charge is 0.381 e. The van der Waals surface area contributed by atoms with Gasteiger partial charge in [0.1, 0.15) is 0 Å². The molecule has 0 aromatic carbocycles. The first kappa shape index (κ1) is 53.8. The molecule has 0 N–H and O–H groups in total. The van der Waals surface area contributed by atoms with E-state index in [-0.39, 0.29) is 0 Å². The molecule has 0 aliphatic rings. The van der Waals surface area contributed by atoms with Crippen molar-refractivity contribution in [1.82, 2.24) is 9.80 Å². The Morgan fingerprint density at radius 1 is 0.291 bits per heavy atom. The minimum Gasteiger partial charge on any atom is -0.381 e. The number of ether oxygens (including phenoxy) is 1. The van der Waals surface area contributed by atoms with Crippen LogP contribution >= 0.6 is 0 Å². The van der Waals surface area contributed by atoms with Crippen molar-refractivity contribution < 1.29 is 4.74 Å². The van der Waals surface area contributed by atoms with E-state index < -0.39 is 0 Å². The first-order valence-corrected chi connectivity index (χ1v) is 24.5. The minimum absolute atomic E-state index is 0.666. The Labute approximate surface area is 347 Å². The van der Waals surface area contributed by atoms with E-state index in [0.29, 0.717) is 24.2 Å². The highest BCUT2D eigenvalue weighted by Gasteiger charge is 2.13. The van der Waals surface area contributed by atoms with Gasteiger partial charge in [-0.25, -0.2) is 0 Å². The van der Waals surface area contributed by atoms with Crippen molar-refractivity contribution in [3.63, 3.8) is 0 Å². The van der Waals surface area contributed by atoms with Crippen LogP contribution in [0.5, 0.6) is 0 Å². The van der Waals surface area contributed by atoms with Crippen LogP contribution in [0.1, 0.15) is 235 Å². The molecule has 55 heavy (non-hydrogen) atoms. The van der Waals surface area contributed by atoms with Crippen molar-refractivity contribution in [2.24, 2.45) is 0 Å². The third kappa shape index (κ3) is 39.4. The zero-order valence-electron chi connectivity index (χ0n) is 38.9. The molecule has 3 nitrogen and oxygen atoms in total. The van der Waals surface area contributed by atoms with Crippen molar-refractivity contribution in [2.75, 3.05) is 26.3 Å². The summed E-state index contributed by atoms with van der Waals surface area (Å²) in [4.78, 5) is 5.24. The summed E-state index contributed by atoms with van der Waals surface area (Å²) in [7, 11) is 0. The van der Waals surface area contributed by atoms with Crippen LogP contribution in [0.3, 0.4) is 0 Å². The number of hydrogen-bond donors (Lipinski definition) is 0. The summed E-state index contributed by atoms with van der Waals surface area (Å²) in [5, 5.41) is 0. The van der Waals surface area contributed by atoms with Gasteiger partial charge in [0, 0.05) is 37.4 Å². The molecule has 0 aromatic rings. The van der Waals surface area contributed by atoms with Crippen molar-refractivity contribution >= 4 is 0 Å². The highest BCUT2D eigenvalue weighted by atomic mass is 16.5. The highest BCUT2D eigenvalue weighted by molar-refractivity contribution is 4.93. The van der Waals surface area contributed by atoms with Gasteiger partial charge in [-0.05, 0) is 158 Å². The van der Waals surface area contributed by atoms with Gasteiger partial charge in [0.2, 0.25) is 0 Å². The lowest BCUT2D eigenvalue weighted by molar-refractivity contribution is 0.125. The molecule has 0 unspecified atom stereocenters. The zero-order valence-corrected chi connectivity index (χ0v) is 38.9. The summed E-state index contributed by atoms with van der Waals surface area (Å²) in [6.45, 7) is 23.0. The van der Waals surface area contributed by atoms with E-state index >= 15 is 0 Å². The molecule has 3 heteroatoms. The average molecular weight is 769 g/mol. The van der Waals surface area contributed by atoms with Gasteiger partial charge >= 0.3 is 0 Å². The van der Waals surface area contributed by atoms with Crippen LogP contribution in [-0.2, 0) is 4.74 Å². The van der Waals surface area contributed by atoms with E-state index in [1.807, 2.05) is 0 Å². The Morgan fingerprint density at radius 3 is 0.800 bits per heavy atom. The number of unbranched alkanes of at least 4 members (excludes halogenated alkanes) is 22. The quantitative estimate of drug-likeness (QED) is 0.0454. The third-order valence-electron chi connectivity index (χ3n) is 11.3. The summed E-state index contributed by atoms with van der Waals surface area (Å²) in [5.41, 5.74) is 0. The van der Waals surface area contributed by atoms with E-state index in [4.69, 9.17) is 4.74 Å². The Morgan fingerprint density at radius 2 is 0.527 bits per heavy atom. The molecule has 0 rings (SSSR count). The predicted molar refractivity (Wildman–Crippen MR) is 251 cm³/mol. The summed E-state index contributed by atoms with van der Waals surface area (Å²) >= 11 is 0. The maximum Gasteiger partial charge on any atom is 0.0466 e. The highest BCUT2D eigenvalue weighted by Crippen LogP contribution is 2.14. The number of nitrogens with zero attached hydrogens (tertiary/aromatic N) is 2. The minimum atomic E-state index is 0.666. The van der Waals surface area contributed by atoms with Crippen molar-refractivity contribution in [3.05, 3.63) is 48.6 Å². The smallest absolute Gasteiger partial charge is 0.0466 e. The van der Waals surface area contributed by atoms with Crippen molar-refractivity contribution in [2.45, 2.75) is 259 Å². The van der Waals surface area contributed by atoms with Gasteiger partial charge < -0.3 is 4.74 Å². The van der Waals surface area contributed by atoms with Crippen LogP contribution < -0.4 is 0 Å². The molecule has 0 aliphatic heterocycles. The van der Waals surface area contributed by atoms with Gasteiger partial charge in [-0.2, -0.15) is 0 Å². The van der Waals surface area contributed by atoms with Gasteiger partial charge in [0.05, 0.1) is 0 Å². The Bertz CT molecular complexity index is 783. The second kappa shape index (κ2) is 42.4. The molecule has 0 fully saturated rings. The van der Waals surface area contributed by atoms with E-state index in [2.05, 4.69) is 114 Å². The van der Waals surface area contributed by atoms with Crippen LogP contribution in [0.4, 0.5) is 0 Å². The van der Waals surface area contributed by atoms with Crippen LogP contribution in [0.25, 0.3) is 0 Å². The number of hydrogen-bond acceptors (Lipinski definition) is 3. The fourth-order valence-electron chi connectivity index (χ4n) is 7.86. The number of rotatable bonds is 42. The Balaban J connectivity index is 3.31. The topological polar surface area (TPSA) is 15.7 Å². The molecule has 0 aromatic heterocycles. The van der Waals surface area contributed by atoms with Crippen molar-refractivity contribution in [3.8, 4) is 0 Å². The van der Waals surface area contributed by atoms with Gasteiger partial charge in [0.25, 0.3) is 0 Å². The SMILES string of the molecule is CC(C)N(CCCCCCC/C=C\C/C=C\CCCCCCCCOCCCCCCCC/C=C\C/C=C\CCCCCCCN(C(C)C)C(C)C)C(C)C. The van der Waals surface area contributed by atoms with E-state index in [1.165, 1.54) is 180 Å². The van der Waals surface area contributed by atoms with Gasteiger partial charge in [-0.15, -0.1) is 0 Å². The molecule has 0 amide bonds. The molecule has 0 bridgehead atoms. The van der Waals surface area contributed by atoms with E-state index in [9.17, 15) is 0 Å². The maximum absolute atomic E-state index is 5.91. The molecule has 0 saturated carbocycles. The molecule has 0 saturated heterocycles. The van der Waals surface area contributed by atoms with Crippen LogP contribution in [0.2, 0.25) is 0 Å². The molecular formula is C52H100N2O. The predicted octanol–water partition coefficient (Wildman–Crippen LogP) is 16.4.